The predicted molar refractivity (Wildman–Crippen MR) is 110 cm³/mol. The van der Waals surface area contributed by atoms with Crippen LogP contribution in [0.1, 0.15) is 23.5 Å². The smallest absolute Gasteiger partial charge is 0.410 e. The van der Waals surface area contributed by atoms with Gasteiger partial charge in [0, 0.05) is 13.0 Å². The number of ether oxygens (including phenoxy) is 1. The molecule has 2 aliphatic rings. The van der Waals surface area contributed by atoms with Crippen LogP contribution >= 0.6 is 0 Å². The van der Waals surface area contributed by atoms with Gasteiger partial charge in [0.2, 0.25) is 5.91 Å². The number of carbonyl (C=O) groups excluding carboxylic acids is 2. The van der Waals surface area contributed by atoms with E-state index in [1.165, 1.54) is 7.05 Å². The van der Waals surface area contributed by atoms with Gasteiger partial charge in [-0.15, -0.1) is 0 Å². The highest BCUT2D eigenvalue weighted by Gasteiger charge is 2.47. The fourth-order valence-corrected chi connectivity index (χ4v) is 4.20. The van der Waals surface area contributed by atoms with Gasteiger partial charge in [0.05, 0.1) is 19.5 Å². The molecule has 1 N–H and O–H groups in total. The van der Waals surface area contributed by atoms with Crippen molar-refractivity contribution in [3.8, 4) is 11.1 Å². The van der Waals surface area contributed by atoms with Crippen molar-refractivity contribution in [3.05, 3.63) is 59.7 Å². The Morgan fingerprint density at radius 3 is 2.12 bits per heavy atom. The summed E-state index contributed by atoms with van der Waals surface area (Å²) in [5.74, 6) is -5.32. The zero-order valence-electron chi connectivity index (χ0n) is 17.3. The Balaban J connectivity index is 1.42. The van der Waals surface area contributed by atoms with Crippen LogP contribution in [0.15, 0.2) is 48.5 Å². The van der Waals surface area contributed by atoms with Crippen molar-refractivity contribution in [2.24, 2.45) is 0 Å². The molecule has 4 rings (SSSR count). The van der Waals surface area contributed by atoms with Crippen LogP contribution < -0.4 is 0 Å². The van der Waals surface area contributed by atoms with Crippen LogP contribution in [0.25, 0.3) is 11.1 Å². The summed E-state index contributed by atoms with van der Waals surface area (Å²) < 4.78 is 31.4. The molecule has 1 aliphatic heterocycles. The summed E-state index contributed by atoms with van der Waals surface area (Å²) in [5, 5.41) is 9.49. The summed E-state index contributed by atoms with van der Waals surface area (Å²) in [6.07, 6.45) is -1.51. The third-order valence-electron chi connectivity index (χ3n) is 5.94. The maximum absolute atomic E-state index is 13.0. The molecule has 0 spiro atoms. The zero-order chi connectivity index (χ0) is 23.0. The van der Waals surface area contributed by atoms with E-state index in [1.807, 2.05) is 48.5 Å². The van der Waals surface area contributed by atoms with Gasteiger partial charge >= 0.3 is 12.1 Å². The molecule has 2 aromatic carbocycles. The minimum Gasteiger partial charge on any atom is -0.480 e. The predicted octanol–water partition coefficient (Wildman–Crippen LogP) is 3.19. The average Bonchev–Trinajstić information content (AvgIpc) is 3.07. The van der Waals surface area contributed by atoms with E-state index in [1.54, 1.807) is 0 Å². The van der Waals surface area contributed by atoms with Crippen LogP contribution in [0, 0.1) is 0 Å². The number of hydrogen-bond acceptors (Lipinski definition) is 4. The van der Waals surface area contributed by atoms with Gasteiger partial charge in [-0.1, -0.05) is 48.5 Å². The molecule has 0 aromatic heterocycles. The standard InChI is InChI=1S/C23H22F2N2O5/c1-26(19(21(29)30)10-20(28)27-12-23(24,25)13-27)22(31)32-11-18-16-8-4-2-6-14(16)15-7-3-5-9-17(15)18/h2-9,18-19H,10-13H2,1H3,(H,29,30)/t19-/m0/s1. The average molecular weight is 444 g/mol. The Bertz CT molecular complexity index is 1020. The second-order valence-corrected chi connectivity index (χ2v) is 8.08. The van der Waals surface area contributed by atoms with Gasteiger partial charge < -0.3 is 14.7 Å². The molecule has 1 fully saturated rings. The SMILES string of the molecule is CN(C(=O)OCC1c2ccccc2-c2ccccc21)[C@@H](CC(=O)N1CC(F)(F)C1)C(=O)O. The number of benzene rings is 2. The molecule has 1 saturated heterocycles. The first-order valence-corrected chi connectivity index (χ1v) is 10.1. The molecule has 168 valence electrons. The normalized spacial score (nSPS) is 17.0. The molecule has 2 aromatic rings. The zero-order valence-corrected chi connectivity index (χ0v) is 17.3. The largest absolute Gasteiger partial charge is 0.480 e. The number of aliphatic carboxylic acids is 1. The van der Waals surface area contributed by atoms with Gasteiger partial charge in [0.15, 0.2) is 0 Å². The molecule has 0 unspecified atom stereocenters. The number of nitrogens with zero attached hydrogens (tertiary/aromatic N) is 2. The molecular formula is C23H22F2N2O5. The van der Waals surface area contributed by atoms with Crippen molar-refractivity contribution >= 4 is 18.0 Å². The number of carboxylic acid groups (broad SMARTS) is 1. The molecule has 1 heterocycles. The lowest BCUT2D eigenvalue weighted by atomic mass is 9.98. The molecule has 1 aliphatic carbocycles. The fraction of sp³-hybridized carbons (Fsp3) is 0.348. The van der Waals surface area contributed by atoms with E-state index >= 15 is 0 Å². The number of likely N-dealkylation sites (N-methyl/N-ethyl adjacent to an activating group) is 1. The van der Waals surface area contributed by atoms with Crippen molar-refractivity contribution in [2.45, 2.75) is 24.3 Å². The Labute approximate surface area is 183 Å². The monoisotopic (exact) mass is 444 g/mol. The Kier molecular flexibility index (Phi) is 5.58. The highest BCUT2D eigenvalue weighted by molar-refractivity contribution is 5.87. The summed E-state index contributed by atoms with van der Waals surface area (Å²) >= 11 is 0. The number of alkyl halides is 2. The van der Waals surface area contributed by atoms with Crippen molar-refractivity contribution in [3.63, 3.8) is 0 Å². The number of amides is 2. The van der Waals surface area contributed by atoms with Gasteiger partial charge in [-0.05, 0) is 22.3 Å². The van der Waals surface area contributed by atoms with E-state index < -0.39 is 49.4 Å². The maximum atomic E-state index is 13.0. The Morgan fingerprint density at radius 2 is 1.62 bits per heavy atom. The number of halogens is 2. The first-order valence-electron chi connectivity index (χ1n) is 10.1. The quantitative estimate of drug-likeness (QED) is 0.740. The number of fused-ring (bicyclic) bond motifs is 3. The summed E-state index contributed by atoms with van der Waals surface area (Å²) in [6, 6.07) is 14.0. The summed E-state index contributed by atoms with van der Waals surface area (Å²) in [4.78, 5) is 38.1. The van der Waals surface area contributed by atoms with Crippen molar-refractivity contribution in [1.82, 2.24) is 9.80 Å². The number of rotatable bonds is 6. The molecule has 0 bridgehead atoms. The van der Waals surface area contributed by atoms with Gasteiger partial charge in [0.1, 0.15) is 12.6 Å². The van der Waals surface area contributed by atoms with E-state index in [0.717, 1.165) is 32.1 Å². The lowest BCUT2D eigenvalue weighted by molar-refractivity contribution is -0.168. The molecule has 1 atom stereocenters. The molecule has 7 nitrogen and oxygen atoms in total. The van der Waals surface area contributed by atoms with Crippen LogP contribution in [0.5, 0.6) is 0 Å². The molecule has 2 amide bonds. The second kappa shape index (κ2) is 8.22. The number of hydrogen-bond donors (Lipinski definition) is 1. The van der Waals surface area contributed by atoms with Crippen LogP contribution in [0.4, 0.5) is 13.6 Å². The first kappa shape index (κ1) is 21.7. The van der Waals surface area contributed by atoms with Crippen LogP contribution in [0.3, 0.4) is 0 Å². The van der Waals surface area contributed by atoms with E-state index in [9.17, 15) is 28.3 Å². The summed E-state index contributed by atoms with van der Waals surface area (Å²) in [5.41, 5.74) is 4.12. The maximum Gasteiger partial charge on any atom is 0.410 e. The number of carbonyl (C=O) groups is 3. The van der Waals surface area contributed by atoms with E-state index in [2.05, 4.69) is 0 Å². The summed E-state index contributed by atoms with van der Waals surface area (Å²) in [6.45, 7) is -1.49. The van der Waals surface area contributed by atoms with Crippen LogP contribution in [-0.2, 0) is 14.3 Å². The van der Waals surface area contributed by atoms with Crippen LogP contribution in [0.2, 0.25) is 0 Å². The van der Waals surface area contributed by atoms with Gasteiger partial charge in [-0.25, -0.2) is 18.4 Å². The highest BCUT2D eigenvalue weighted by Crippen LogP contribution is 2.44. The minimum absolute atomic E-state index is 0.00413. The molecule has 0 saturated carbocycles. The van der Waals surface area contributed by atoms with Gasteiger partial charge in [0.25, 0.3) is 5.92 Å². The van der Waals surface area contributed by atoms with E-state index in [-0.39, 0.29) is 12.5 Å². The minimum atomic E-state index is -2.95. The third kappa shape index (κ3) is 4.02. The molecule has 9 heteroatoms. The lowest BCUT2D eigenvalue weighted by Crippen LogP contribution is -2.59. The number of carboxylic acids is 1. The summed E-state index contributed by atoms with van der Waals surface area (Å²) in [7, 11) is 1.22. The number of likely N-dealkylation sites (tertiary alicyclic amines) is 1. The third-order valence-corrected chi connectivity index (χ3v) is 5.94. The topological polar surface area (TPSA) is 87.2 Å². The van der Waals surface area contributed by atoms with E-state index in [4.69, 9.17) is 4.74 Å². The van der Waals surface area contributed by atoms with Gasteiger partial charge in [-0.2, -0.15) is 0 Å². The molecule has 0 radical (unpaired) electrons. The second-order valence-electron chi connectivity index (χ2n) is 8.08. The first-order chi connectivity index (χ1) is 15.2. The lowest BCUT2D eigenvalue weighted by Gasteiger charge is -2.39. The molecular weight excluding hydrogens is 422 g/mol. The van der Waals surface area contributed by atoms with Gasteiger partial charge in [-0.3, -0.25) is 9.69 Å². The van der Waals surface area contributed by atoms with Crippen molar-refractivity contribution in [1.29, 1.82) is 0 Å². The fourth-order valence-electron chi connectivity index (χ4n) is 4.20. The van der Waals surface area contributed by atoms with E-state index in [0.29, 0.717) is 0 Å². The van der Waals surface area contributed by atoms with Crippen molar-refractivity contribution in [2.75, 3.05) is 26.7 Å². The van der Waals surface area contributed by atoms with Crippen molar-refractivity contribution < 1.29 is 33.0 Å². The molecule has 32 heavy (non-hydrogen) atoms. The Morgan fingerprint density at radius 1 is 1.09 bits per heavy atom. The van der Waals surface area contributed by atoms with Crippen LogP contribution in [-0.4, -0.2) is 71.6 Å². The Hall–Kier alpha value is -3.49. The highest BCUT2D eigenvalue weighted by atomic mass is 19.3.